The molecule has 72 valence electrons. The fraction of sp³-hybridized carbons (Fsp3) is 0.571. The number of carbonyl (C=O) groups is 1. The number of alkyl halides is 1. The lowest BCUT2D eigenvalue weighted by atomic mass is 10.4. The molecule has 0 spiro atoms. The van der Waals surface area contributed by atoms with Gasteiger partial charge in [0.2, 0.25) is 11.2 Å². The van der Waals surface area contributed by atoms with E-state index in [0.29, 0.717) is 5.88 Å². The number of hydrogen-bond acceptors (Lipinski definition) is 3. The van der Waals surface area contributed by atoms with E-state index in [2.05, 4.69) is 10.6 Å². The van der Waals surface area contributed by atoms with E-state index in [1.54, 1.807) is 10.9 Å². The number of hydrogen-bond donors (Lipinski definition) is 1. The molecule has 0 aromatic carbocycles. The largest absolute Gasteiger partial charge is 0.302 e. The van der Waals surface area contributed by atoms with Crippen LogP contribution in [-0.4, -0.2) is 17.1 Å². The summed E-state index contributed by atoms with van der Waals surface area (Å²) in [5.74, 6) is -0.101. The Morgan fingerprint density at radius 3 is 3.00 bits per heavy atom. The molecule has 0 atom stereocenters. The summed E-state index contributed by atoms with van der Waals surface area (Å²) >= 11 is 5.29. The SMILES string of the molecule is CC(C)[n+]1cc(NC(=O)CCl)on1. The van der Waals surface area contributed by atoms with E-state index < -0.39 is 0 Å². The molecular weight excluding hydrogens is 194 g/mol. The van der Waals surface area contributed by atoms with Gasteiger partial charge < -0.3 is 0 Å². The van der Waals surface area contributed by atoms with Gasteiger partial charge in [0, 0.05) is 0 Å². The summed E-state index contributed by atoms with van der Waals surface area (Å²) in [7, 11) is 0. The van der Waals surface area contributed by atoms with Crippen molar-refractivity contribution in [1.29, 1.82) is 0 Å². The number of nitrogens with zero attached hydrogens (tertiary/aromatic N) is 2. The first kappa shape index (κ1) is 9.98. The first-order valence-corrected chi connectivity index (χ1v) is 4.41. The molecule has 5 nitrogen and oxygen atoms in total. The van der Waals surface area contributed by atoms with Gasteiger partial charge >= 0.3 is 5.88 Å². The molecule has 0 unspecified atom stereocenters. The molecule has 0 aliphatic rings. The lowest BCUT2D eigenvalue weighted by molar-refractivity contribution is -0.779. The van der Waals surface area contributed by atoms with Crippen molar-refractivity contribution < 1.29 is 14.0 Å². The summed E-state index contributed by atoms with van der Waals surface area (Å²) in [6, 6.07) is 0.199. The molecule has 0 saturated carbocycles. The Kier molecular flexibility index (Phi) is 3.25. The van der Waals surface area contributed by atoms with Crippen LogP contribution in [0.4, 0.5) is 5.88 Å². The normalized spacial score (nSPS) is 10.5. The Labute approximate surface area is 80.6 Å². The van der Waals surface area contributed by atoms with E-state index in [9.17, 15) is 4.79 Å². The molecule has 0 bridgehead atoms. The van der Waals surface area contributed by atoms with E-state index >= 15 is 0 Å². The van der Waals surface area contributed by atoms with Crippen LogP contribution in [0.15, 0.2) is 10.7 Å². The van der Waals surface area contributed by atoms with Crippen molar-refractivity contribution >= 4 is 23.4 Å². The summed E-state index contributed by atoms with van der Waals surface area (Å²) in [5.41, 5.74) is 0. The van der Waals surface area contributed by atoms with Crippen LogP contribution in [0.5, 0.6) is 0 Å². The summed E-state index contributed by atoms with van der Waals surface area (Å²) < 4.78 is 6.42. The van der Waals surface area contributed by atoms with Crippen LogP contribution in [0, 0.1) is 0 Å². The minimum Gasteiger partial charge on any atom is -0.288 e. The molecular formula is C7H11ClN3O2+. The maximum Gasteiger partial charge on any atom is 0.302 e. The highest BCUT2D eigenvalue weighted by molar-refractivity contribution is 6.28. The minimum absolute atomic E-state index is 0.0949. The molecule has 1 aromatic heterocycles. The van der Waals surface area contributed by atoms with Crippen LogP contribution < -0.4 is 10.00 Å². The second kappa shape index (κ2) is 4.23. The summed E-state index contributed by atoms with van der Waals surface area (Å²) in [6.45, 7) is 3.91. The van der Waals surface area contributed by atoms with Crippen molar-refractivity contribution in [3.63, 3.8) is 0 Å². The zero-order valence-corrected chi connectivity index (χ0v) is 8.21. The van der Waals surface area contributed by atoms with Gasteiger partial charge in [-0.3, -0.25) is 14.6 Å². The highest BCUT2D eigenvalue weighted by Gasteiger charge is 2.15. The Balaban J connectivity index is 2.64. The van der Waals surface area contributed by atoms with E-state index in [1.807, 2.05) is 13.8 Å². The van der Waals surface area contributed by atoms with Gasteiger partial charge in [-0.25, -0.2) is 0 Å². The molecule has 1 rings (SSSR count). The predicted molar refractivity (Wildman–Crippen MR) is 46.4 cm³/mol. The Bertz CT molecular complexity index is 298. The van der Waals surface area contributed by atoms with Gasteiger partial charge in [0.25, 0.3) is 6.20 Å². The van der Waals surface area contributed by atoms with E-state index in [0.717, 1.165) is 0 Å². The van der Waals surface area contributed by atoms with Gasteiger partial charge in [-0.05, 0) is 18.5 Å². The average Bonchev–Trinajstić information content (AvgIpc) is 2.52. The lowest BCUT2D eigenvalue weighted by Crippen LogP contribution is -2.36. The van der Waals surface area contributed by atoms with Gasteiger partial charge in [0.1, 0.15) is 5.88 Å². The standard InChI is InChI=1S/C7H10ClN3O2/c1-5(2)11-4-7(13-10-11)9-6(12)3-8/h4-5H,3H2,1-2H3/p+1. The van der Waals surface area contributed by atoms with Crippen molar-refractivity contribution in [2.24, 2.45) is 0 Å². The van der Waals surface area contributed by atoms with E-state index in [1.165, 1.54) is 0 Å². The van der Waals surface area contributed by atoms with Crippen molar-refractivity contribution in [3.05, 3.63) is 6.20 Å². The summed E-state index contributed by atoms with van der Waals surface area (Å²) in [5, 5.41) is 6.13. The summed E-state index contributed by atoms with van der Waals surface area (Å²) in [4.78, 5) is 10.8. The number of aromatic nitrogens is 2. The Hall–Kier alpha value is -1.10. The molecule has 1 heterocycles. The maximum atomic E-state index is 10.8. The number of halogens is 1. The minimum atomic E-state index is -0.311. The number of anilines is 1. The van der Waals surface area contributed by atoms with Gasteiger partial charge in [-0.2, -0.15) is 0 Å². The van der Waals surface area contributed by atoms with Gasteiger partial charge in [-0.1, -0.05) is 0 Å². The maximum absolute atomic E-state index is 10.8. The number of rotatable bonds is 3. The van der Waals surface area contributed by atoms with Crippen LogP contribution in [0.3, 0.4) is 0 Å². The molecule has 1 aromatic rings. The van der Waals surface area contributed by atoms with Crippen molar-refractivity contribution in [2.75, 3.05) is 11.2 Å². The van der Waals surface area contributed by atoms with Gasteiger partial charge in [0.05, 0.1) is 0 Å². The molecule has 0 aliphatic heterocycles. The number of nitrogens with one attached hydrogen (secondary N) is 1. The predicted octanol–water partition coefficient (Wildman–Crippen LogP) is 0.720. The van der Waals surface area contributed by atoms with Crippen LogP contribution in [0.1, 0.15) is 19.9 Å². The lowest BCUT2D eigenvalue weighted by Gasteiger charge is -1.91. The third kappa shape index (κ3) is 2.69. The molecule has 0 aliphatic carbocycles. The van der Waals surface area contributed by atoms with Gasteiger partial charge in [0.15, 0.2) is 6.04 Å². The topological polar surface area (TPSA) is 59.0 Å². The quantitative estimate of drug-likeness (QED) is 0.583. The third-order valence-corrected chi connectivity index (χ3v) is 1.64. The summed E-state index contributed by atoms with van der Waals surface area (Å²) in [6.07, 6.45) is 1.61. The molecule has 13 heavy (non-hydrogen) atoms. The molecule has 1 amide bonds. The highest BCUT2D eigenvalue weighted by atomic mass is 35.5. The van der Waals surface area contributed by atoms with Crippen LogP contribution in [-0.2, 0) is 4.79 Å². The Morgan fingerprint density at radius 1 is 1.85 bits per heavy atom. The Morgan fingerprint density at radius 2 is 2.54 bits per heavy atom. The first-order chi connectivity index (χ1) is 6.13. The first-order valence-electron chi connectivity index (χ1n) is 3.87. The number of carbonyl (C=O) groups excluding carboxylic acids is 1. The molecule has 0 fully saturated rings. The zero-order chi connectivity index (χ0) is 9.84. The second-order valence-corrected chi connectivity index (χ2v) is 3.09. The van der Waals surface area contributed by atoms with Crippen LogP contribution in [0.25, 0.3) is 0 Å². The third-order valence-electron chi connectivity index (χ3n) is 1.40. The highest BCUT2D eigenvalue weighted by Crippen LogP contribution is 2.02. The second-order valence-electron chi connectivity index (χ2n) is 2.82. The van der Waals surface area contributed by atoms with Crippen molar-refractivity contribution in [1.82, 2.24) is 5.27 Å². The fourth-order valence-corrected chi connectivity index (χ4v) is 0.794. The fourth-order valence-electron chi connectivity index (χ4n) is 0.728. The van der Waals surface area contributed by atoms with Gasteiger partial charge in [-0.15, -0.1) is 11.6 Å². The molecule has 0 saturated heterocycles. The molecule has 6 heteroatoms. The van der Waals surface area contributed by atoms with E-state index in [-0.39, 0.29) is 17.8 Å². The monoisotopic (exact) mass is 204 g/mol. The van der Waals surface area contributed by atoms with Crippen LogP contribution in [0.2, 0.25) is 0 Å². The molecule has 0 radical (unpaired) electrons. The van der Waals surface area contributed by atoms with Crippen molar-refractivity contribution in [3.8, 4) is 0 Å². The smallest absolute Gasteiger partial charge is 0.288 e. The van der Waals surface area contributed by atoms with Crippen molar-refractivity contribution in [2.45, 2.75) is 19.9 Å². The zero-order valence-electron chi connectivity index (χ0n) is 7.45. The molecule has 1 N–H and O–H groups in total. The van der Waals surface area contributed by atoms with Crippen LogP contribution >= 0.6 is 11.6 Å². The average molecular weight is 205 g/mol. The number of amides is 1. The van der Waals surface area contributed by atoms with E-state index in [4.69, 9.17) is 16.1 Å².